The van der Waals surface area contributed by atoms with Crippen LogP contribution in [0.15, 0.2) is 105 Å². The summed E-state index contributed by atoms with van der Waals surface area (Å²) in [5.74, 6) is -13.1. The van der Waals surface area contributed by atoms with Gasteiger partial charge in [-0.2, -0.15) is 0 Å². The molecule has 25 nitrogen and oxygen atoms in total. The average molecular weight is 1150 g/mol. The largest absolute Gasteiger partial charge is 0.512 e. The SMILES string of the molecule is CN[C@H](CC(C)C)C(=O)N[C@H]1C(=O)N[C@@H](CC(N)=O)C(=O)N[C@H]2C(=N)N[C@H]3C(=O)N[C@H](C(=O)N[C@H](C(=O)O)C4=CC(O)CC(O)=C4C4CC3=CC=C4O)[C@H](O)C3=CC=C(Oc4cc2cc(c4O)OC2=C(Cl)C=C(CC2)[C@H]1O)C(Cl)C3. The predicted molar refractivity (Wildman–Crippen MR) is 284 cm³/mol. The predicted octanol–water partition coefficient (Wildman–Crippen LogP) is 0.422. The zero-order valence-corrected chi connectivity index (χ0v) is 44.7. The summed E-state index contributed by atoms with van der Waals surface area (Å²) in [6.45, 7) is 3.73. The van der Waals surface area contributed by atoms with Gasteiger partial charge in [0.2, 0.25) is 41.2 Å². The molecule has 5 heterocycles. The summed E-state index contributed by atoms with van der Waals surface area (Å²) in [5.41, 5.74) is 5.10. The molecule has 27 heteroatoms. The molecule has 5 aliphatic heterocycles. The number of amidine groups is 1. The van der Waals surface area contributed by atoms with Crippen molar-refractivity contribution in [3.05, 3.63) is 110 Å². The molecule has 10 rings (SSSR count). The van der Waals surface area contributed by atoms with Crippen molar-refractivity contribution in [1.82, 2.24) is 37.2 Å². The van der Waals surface area contributed by atoms with Crippen LogP contribution in [-0.4, -0.2) is 150 Å². The molecular weight excluding hydrogens is 1090 g/mol. The molecular formula is C53H61Cl2N9O16. The number of phenolic OH excluding ortho intramolecular Hbond substituents is 1. The number of benzene rings is 1. The molecule has 11 bridgehead atoms. The van der Waals surface area contributed by atoms with Crippen LogP contribution in [0.25, 0.3) is 0 Å². The van der Waals surface area contributed by atoms with Crippen LogP contribution in [0.4, 0.5) is 0 Å². The van der Waals surface area contributed by atoms with Crippen LogP contribution in [-0.2, 0) is 33.6 Å². The Morgan fingerprint density at radius 1 is 0.825 bits per heavy atom. The maximum absolute atomic E-state index is 15.1. The first-order valence-electron chi connectivity index (χ1n) is 25.5. The lowest BCUT2D eigenvalue weighted by Crippen LogP contribution is -2.62. The molecule has 1 aromatic carbocycles. The van der Waals surface area contributed by atoms with E-state index in [1.165, 1.54) is 43.5 Å². The van der Waals surface area contributed by atoms with E-state index in [1.807, 2.05) is 13.8 Å². The third-order valence-corrected chi connectivity index (χ3v) is 15.3. The zero-order valence-electron chi connectivity index (χ0n) is 43.2. The number of nitrogens with one attached hydrogen (secondary N) is 8. The fourth-order valence-corrected chi connectivity index (χ4v) is 11.1. The number of aliphatic hydroxyl groups is 5. The highest BCUT2D eigenvalue weighted by atomic mass is 35.5. The minimum atomic E-state index is -2.06. The number of rotatable bonds is 8. The van der Waals surface area contributed by atoms with Crippen molar-refractivity contribution in [2.75, 3.05) is 7.05 Å². The number of carbonyl (C=O) groups is 7. The first-order chi connectivity index (χ1) is 37.8. The monoisotopic (exact) mass is 1150 g/mol. The van der Waals surface area contributed by atoms with E-state index in [-0.39, 0.29) is 75.2 Å². The molecule has 0 radical (unpaired) electrons. The lowest BCUT2D eigenvalue weighted by Gasteiger charge is -2.37. The molecule has 1 fully saturated rings. The number of ether oxygens (including phenoxy) is 2. The molecule has 0 aromatic heterocycles. The van der Waals surface area contributed by atoms with Crippen molar-refractivity contribution in [2.45, 2.75) is 125 Å². The first kappa shape index (κ1) is 58.5. The number of hydrogen-bond acceptors (Lipinski definition) is 17. The first-order valence-corrected chi connectivity index (χ1v) is 26.3. The second kappa shape index (κ2) is 24.0. The Kier molecular flexibility index (Phi) is 17.5. The van der Waals surface area contributed by atoms with Gasteiger partial charge in [0.15, 0.2) is 17.5 Å². The van der Waals surface area contributed by atoms with Gasteiger partial charge in [0.25, 0.3) is 0 Å². The van der Waals surface area contributed by atoms with Gasteiger partial charge in [-0.05, 0) is 103 Å². The van der Waals surface area contributed by atoms with Crippen molar-refractivity contribution < 1.29 is 78.8 Å². The van der Waals surface area contributed by atoms with Crippen molar-refractivity contribution in [3.8, 4) is 17.2 Å². The smallest absolute Gasteiger partial charge is 0.330 e. The summed E-state index contributed by atoms with van der Waals surface area (Å²) in [4.78, 5) is 98.7. The third-order valence-electron chi connectivity index (χ3n) is 14.6. The number of carboxylic acids is 1. The van der Waals surface area contributed by atoms with E-state index in [1.54, 1.807) is 0 Å². The van der Waals surface area contributed by atoms with E-state index in [2.05, 4.69) is 37.2 Å². The number of fused-ring (bicyclic) bond motifs is 15. The number of nitrogens with two attached hydrogens (primary N) is 1. The molecule has 12 atom stereocenters. The maximum Gasteiger partial charge on any atom is 0.330 e. The second-order valence-corrected chi connectivity index (χ2v) is 21.6. The number of hydrogen-bond donors (Lipinski definition) is 16. The number of aliphatic carboxylic acids is 1. The number of likely N-dealkylation sites (N-methyl/N-ethyl adjacent to an activating group) is 1. The minimum Gasteiger partial charge on any atom is -0.512 e. The highest BCUT2D eigenvalue weighted by Crippen LogP contribution is 2.45. The fraction of sp³-hybridized carbons (Fsp3) is 0.434. The molecule has 1 saturated heterocycles. The highest BCUT2D eigenvalue weighted by Gasteiger charge is 2.45. The number of aromatic hydroxyl groups is 1. The number of carboxylic acid groups (broad SMARTS) is 1. The zero-order chi connectivity index (χ0) is 58.2. The Morgan fingerprint density at radius 3 is 2.17 bits per heavy atom. The molecule has 0 spiro atoms. The second-order valence-electron chi connectivity index (χ2n) is 20.7. The Labute approximate surface area is 466 Å². The lowest BCUT2D eigenvalue weighted by molar-refractivity contribution is -0.141. The number of allylic oxidation sites excluding steroid dienone is 9. The van der Waals surface area contributed by atoms with E-state index >= 15 is 4.79 Å². The summed E-state index contributed by atoms with van der Waals surface area (Å²) in [5, 5.41) is 107. The number of amides is 6. The number of phenols is 1. The molecule has 80 heavy (non-hydrogen) atoms. The van der Waals surface area contributed by atoms with Crippen molar-refractivity contribution >= 4 is 70.4 Å². The van der Waals surface area contributed by atoms with Gasteiger partial charge in [-0.15, -0.1) is 11.6 Å². The Bertz CT molecular complexity index is 3070. The normalized spacial score (nSPS) is 29.7. The molecule has 4 aliphatic carbocycles. The lowest BCUT2D eigenvalue weighted by atomic mass is 9.75. The maximum atomic E-state index is 15.1. The van der Waals surface area contributed by atoms with Gasteiger partial charge in [-0.1, -0.05) is 37.6 Å². The van der Waals surface area contributed by atoms with E-state index in [4.69, 9.17) is 38.4 Å². The topological polar surface area (TPSA) is 414 Å². The Balaban J connectivity index is 1.32. The summed E-state index contributed by atoms with van der Waals surface area (Å²) >= 11 is 13.8. The number of halogens is 2. The number of primary amides is 1. The molecule has 1 aromatic rings. The van der Waals surface area contributed by atoms with Crippen LogP contribution >= 0.6 is 23.2 Å². The molecule has 6 amide bonds. The van der Waals surface area contributed by atoms with Gasteiger partial charge < -0.3 is 88.2 Å². The molecule has 0 saturated carbocycles. The van der Waals surface area contributed by atoms with Gasteiger partial charge in [0.1, 0.15) is 65.5 Å². The standard InChI is InChI=1S/C53H61Cl2N9O16/c1-19(2)10-29(58-3)48(72)63-42-44(69)21-5-8-33(27(54)12-21)79-35-14-23-15-36(46(35)71)80-34-9-6-22(13-28(34)55)45(70)43-52(76)62-41(53(77)78)26-16-24(65)17-32(67)38(26)25-11-20(4-7-31(25)66)40(50(74)64-43)60-47(57)39(23)61-49(73)30(18-37(56)68)59-51(42)75/h4,6-7,9,12,14-16,19,24-25,28-30,39-45,58,65-67,69-71H,5,8,10-11,13,17-18H2,1-3H3,(H2,56,68)(H2,57,60)(H,59,75)(H,61,73)(H,62,76)(H,63,72)(H,64,74)(H,77,78)/t24?,25?,28?,29-,30+,39-,40-,41+,42-,43+,44-,45-/m1/s1. The van der Waals surface area contributed by atoms with Gasteiger partial charge >= 0.3 is 5.97 Å². The van der Waals surface area contributed by atoms with E-state index in [0.29, 0.717) is 6.42 Å². The quantitative estimate of drug-likeness (QED) is 0.157. The summed E-state index contributed by atoms with van der Waals surface area (Å²) < 4.78 is 12.5. The molecule has 3 unspecified atom stereocenters. The Morgan fingerprint density at radius 2 is 1.52 bits per heavy atom. The van der Waals surface area contributed by atoms with E-state index < -0.39 is 167 Å². The molecule has 9 aliphatic rings. The molecule has 428 valence electrons. The third kappa shape index (κ3) is 12.4. The number of alkyl halides is 1. The summed E-state index contributed by atoms with van der Waals surface area (Å²) in [7, 11) is 1.53. The average Bonchev–Trinajstić information content (AvgIpc) is 3.39. The molecule has 17 N–H and O–H groups in total. The van der Waals surface area contributed by atoms with Crippen LogP contribution in [0.3, 0.4) is 0 Å². The van der Waals surface area contributed by atoms with E-state index in [9.17, 15) is 69.9 Å². The van der Waals surface area contributed by atoms with E-state index in [0.717, 1.165) is 12.2 Å². The van der Waals surface area contributed by atoms with Crippen molar-refractivity contribution in [3.63, 3.8) is 0 Å². The highest BCUT2D eigenvalue weighted by molar-refractivity contribution is 6.31. The van der Waals surface area contributed by atoms with Crippen LogP contribution in [0.5, 0.6) is 17.2 Å². The number of carbonyl (C=O) groups excluding carboxylic acids is 6. The van der Waals surface area contributed by atoms with Gasteiger partial charge in [0, 0.05) is 24.3 Å². The minimum absolute atomic E-state index is 0.00248. The van der Waals surface area contributed by atoms with Gasteiger partial charge in [-0.25, -0.2) is 4.79 Å². The summed E-state index contributed by atoms with van der Waals surface area (Å²) in [6, 6.07) is -10.1. The van der Waals surface area contributed by atoms with Crippen LogP contribution in [0, 0.1) is 17.2 Å². The van der Waals surface area contributed by atoms with Crippen molar-refractivity contribution in [1.29, 1.82) is 5.41 Å². The number of aliphatic hydroxyl groups excluding tert-OH is 5. The Hall–Kier alpha value is -7.68. The van der Waals surface area contributed by atoms with Crippen LogP contribution in [0.2, 0.25) is 0 Å². The van der Waals surface area contributed by atoms with Gasteiger partial charge in [0.05, 0.1) is 34.7 Å². The van der Waals surface area contributed by atoms with Crippen molar-refractivity contribution in [2.24, 2.45) is 17.6 Å². The van der Waals surface area contributed by atoms with Crippen LogP contribution in [0.1, 0.15) is 70.4 Å². The fourth-order valence-electron chi connectivity index (χ4n) is 10.5. The summed E-state index contributed by atoms with van der Waals surface area (Å²) in [6.07, 6.45) is 0.226. The van der Waals surface area contributed by atoms with Crippen LogP contribution < -0.4 is 52.4 Å². The van der Waals surface area contributed by atoms with Gasteiger partial charge in [-0.3, -0.25) is 34.2 Å².